The van der Waals surface area contributed by atoms with Crippen LogP contribution in [0.5, 0.6) is 0 Å². The molecule has 5 heavy (non-hydrogen) atoms. The first-order valence-electron chi connectivity index (χ1n) is 0.167. The van der Waals surface area contributed by atoms with Gasteiger partial charge in [-0.25, -0.2) is 0 Å². The zero-order chi connectivity index (χ0) is 2.00. The van der Waals surface area contributed by atoms with E-state index in [0.717, 1.165) is 0 Å². The molecule has 4 N–H and O–H groups in total. The Morgan fingerprint density at radius 1 is 1.20 bits per heavy atom. The maximum atomic E-state index is 8.12. The predicted molar refractivity (Wildman–Crippen MR) is 15.9 cm³/mol. The van der Waals surface area contributed by atoms with Crippen LogP contribution in [-0.4, -0.2) is 19.8 Å². The van der Waals surface area contributed by atoms with Gasteiger partial charge in [0.05, 0.1) is 0 Å². The monoisotopic (exact) mass is 316 g/mol. The van der Waals surface area contributed by atoms with Gasteiger partial charge in [0.1, 0.15) is 0 Å². The van der Waals surface area contributed by atoms with Crippen LogP contribution in [0.4, 0.5) is 0 Å². The van der Waals surface area contributed by atoms with Crippen LogP contribution in [0.2, 0.25) is 0 Å². The Balaban J connectivity index is -0.00000000167. The van der Waals surface area contributed by atoms with E-state index in [1.807, 2.05) is 0 Å². The molecule has 0 heterocycles. The molecular weight excluding hydrogens is 309 g/mol. The Hall–Kier alpha value is 2.41. The van der Waals surface area contributed by atoms with Crippen molar-refractivity contribution < 1.29 is 60.7 Å². The van der Waals surface area contributed by atoms with Gasteiger partial charge in [-0.15, -0.1) is 0 Å². The Bertz CT molecular complexity index is 11.6. The molecule has 0 aliphatic carbocycles. The van der Waals surface area contributed by atoms with Crippen molar-refractivity contribution in [2.24, 2.45) is 0 Å². The maximum absolute atomic E-state index is 8.12. The van der Waals surface area contributed by atoms with Gasteiger partial charge in [0.15, 0.2) is 0 Å². The fourth-order valence-corrected chi connectivity index (χ4v) is 0. The molecule has 0 fully saturated rings. The molecule has 0 saturated carbocycles. The molecule has 0 rings (SSSR count). The third-order valence-electron chi connectivity index (χ3n) is 0. The van der Waals surface area contributed by atoms with E-state index < -0.39 is 0 Å². The molecule has 0 saturated heterocycles. The van der Waals surface area contributed by atoms with E-state index in [0.29, 0.717) is 0 Å². The van der Waals surface area contributed by atoms with Crippen LogP contribution < -0.4 is 10.3 Å². The molecule has 0 aromatic rings. The standard InChI is InChI=1S/Cr.Ga.Gd.H3N.O.3H/h;;;1H3;;;;/q;;;;-1;;;/p+1. The second kappa shape index (κ2) is 32.3. The molecule has 0 unspecified atom stereocenters. The van der Waals surface area contributed by atoms with Gasteiger partial charge >= 0.3 is 40.6 Å². The van der Waals surface area contributed by atoms with Gasteiger partial charge in [-0.1, -0.05) is 0 Å². The second-order valence-electron chi connectivity index (χ2n) is 0. The van der Waals surface area contributed by atoms with Crippen molar-refractivity contribution in [3.8, 4) is 0 Å². The first kappa shape index (κ1) is 26.2. The number of quaternary nitrogens is 1. The second-order valence-corrected chi connectivity index (χ2v) is 0. The van der Waals surface area contributed by atoms with Gasteiger partial charge in [0, 0.05) is 39.9 Å². The Labute approximate surface area is 85.2 Å². The van der Waals surface area contributed by atoms with E-state index in [1.165, 1.54) is 16.6 Å². The Kier molecular flexibility index (Phi) is 169. The third kappa shape index (κ3) is 21.4. The Morgan fingerprint density at radius 2 is 1.20 bits per heavy atom. The van der Waals surface area contributed by atoms with Crippen LogP contribution in [0.15, 0.2) is 0 Å². The molecule has 0 radical (unpaired) electrons. The van der Waals surface area contributed by atoms with Gasteiger partial charge < -0.3 is 6.15 Å². The predicted octanol–water partition coefficient (Wildman–Crippen LogP) is -2.00. The molecular formula is H7CrGaGdNO. The molecule has 0 aliphatic heterocycles. The van der Waals surface area contributed by atoms with E-state index in [9.17, 15) is 0 Å². The summed E-state index contributed by atoms with van der Waals surface area (Å²) in [7, 11) is 0. The summed E-state index contributed by atoms with van der Waals surface area (Å²) in [5.41, 5.74) is 0. The number of rotatable bonds is 0. The molecule has 0 bridgehead atoms. The summed E-state index contributed by atoms with van der Waals surface area (Å²) in [5.74, 6) is 0. The molecule has 5 heteroatoms. The molecule has 0 amide bonds. The number of hydrogen-bond acceptors (Lipinski definition) is 1. The van der Waals surface area contributed by atoms with E-state index in [1.54, 1.807) is 0 Å². The van der Waals surface area contributed by atoms with Crippen LogP contribution in [0.3, 0.4) is 0 Å². The average Bonchev–Trinajstić information content (AvgIpc) is 1.00. The zero-order valence-electron chi connectivity index (χ0n) is 2.17. The first-order valence-corrected chi connectivity index (χ1v) is 0.687. The fraction of sp³-hybridized carbons (Fsp3) is 0. The van der Waals surface area contributed by atoms with Crippen LogP contribution in [0.1, 0.15) is 0 Å². The minimum absolute atomic E-state index is 0. The summed E-state index contributed by atoms with van der Waals surface area (Å²) in [6.45, 7) is 0. The van der Waals surface area contributed by atoms with Crippen molar-refractivity contribution in [1.82, 2.24) is 6.15 Å². The van der Waals surface area contributed by atoms with E-state index in [-0.39, 0.29) is 65.9 Å². The minimum atomic E-state index is 0. The molecule has 0 atom stereocenters. The summed E-state index contributed by atoms with van der Waals surface area (Å²) in [5, 5.41) is 0. The fourth-order valence-electron chi connectivity index (χ4n) is 0. The third-order valence-corrected chi connectivity index (χ3v) is 0. The van der Waals surface area contributed by atoms with E-state index in [2.05, 4.69) is 0 Å². The normalized spacial score (nSPS) is 1.00. The van der Waals surface area contributed by atoms with Crippen molar-refractivity contribution in [1.29, 1.82) is 0 Å². The Morgan fingerprint density at radius 3 is 1.20 bits per heavy atom. The van der Waals surface area contributed by atoms with E-state index in [4.69, 9.17) is 4.16 Å². The van der Waals surface area contributed by atoms with Crippen molar-refractivity contribution in [3.05, 3.63) is 0 Å². The first-order chi connectivity index (χ1) is 1.00. The van der Waals surface area contributed by atoms with Gasteiger partial charge in [-0.05, 0) is 0 Å². The van der Waals surface area contributed by atoms with Crippen LogP contribution in [-0.2, 0) is 16.6 Å². The van der Waals surface area contributed by atoms with Gasteiger partial charge in [0.25, 0.3) is 0 Å². The molecule has 0 aliphatic rings. The van der Waals surface area contributed by atoms with Crippen LogP contribution in [0, 0.1) is 39.9 Å². The van der Waals surface area contributed by atoms with Gasteiger partial charge in [-0.2, -0.15) is 0 Å². The molecule has 2 nitrogen and oxygen atoms in total. The molecule has 0 spiro atoms. The van der Waals surface area contributed by atoms with Crippen LogP contribution >= 0.6 is 0 Å². The quantitative estimate of drug-likeness (QED) is 0.517. The summed E-state index contributed by atoms with van der Waals surface area (Å²) in [6.07, 6.45) is 0. The summed E-state index contributed by atoms with van der Waals surface area (Å²) in [4.78, 5) is 0. The zero-order valence-corrected chi connectivity index (χ0v) is 5.71. The summed E-state index contributed by atoms with van der Waals surface area (Å²) < 4.78 is 8.12. The van der Waals surface area contributed by atoms with Crippen molar-refractivity contribution in [2.45, 2.75) is 0 Å². The molecule has 35 valence electrons. The van der Waals surface area contributed by atoms with E-state index >= 15 is 0 Å². The SMILES string of the molecule is [GaH3].[Gd].[NH4+].[O-][Cr]. The molecule has 0 aromatic carbocycles. The van der Waals surface area contributed by atoms with Crippen molar-refractivity contribution in [2.75, 3.05) is 0 Å². The number of hydrogen-bond donors (Lipinski definition) is 1. The van der Waals surface area contributed by atoms with Gasteiger partial charge in [-0.3, -0.25) is 0 Å². The van der Waals surface area contributed by atoms with Crippen molar-refractivity contribution in [3.63, 3.8) is 0 Å². The average molecular weight is 316 g/mol. The van der Waals surface area contributed by atoms with Crippen LogP contribution in [0.25, 0.3) is 0 Å². The van der Waals surface area contributed by atoms with Gasteiger partial charge in [0.2, 0.25) is 0 Å². The summed E-state index contributed by atoms with van der Waals surface area (Å²) in [6, 6.07) is 0. The summed E-state index contributed by atoms with van der Waals surface area (Å²) >= 11 is 1.38. The van der Waals surface area contributed by atoms with Crippen molar-refractivity contribution >= 4 is 19.8 Å². The topological polar surface area (TPSA) is 59.6 Å². The molecule has 0 aromatic heterocycles.